The van der Waals surface area contributed by atoms with Crippen molar-refractivity contribution < 1.29 is 24.2 Å². The van der Waals surface area contributed by atoms with Gasteiger partial charge in [0.1, 0.15) is 16.8 Å². The van der Waals surface area contributed by atoms with E-state index in [0.717, 1.165) is 23.9 Å². The Morgan fingerprint density at radius 2 is 1.97 bits per heavy atom. The number of nitrogens with two attached hydrogens (primary N) is 1. The summed E-state index contributed by atoms with van der Waals surface area (Å²) in [5, 5.41) is 16.4. The Labute approximate surface area is 191 Å². The zero-order valence-corrected chi connectivity index (χ0v) is 19.1. The Bertz CT molecular complexity index is 1190. The third kappa shape index (κ3) is 4.36. The van der Waals surface area contributed by atoms with Gasteiger partial charge in [0.05, 0.1) is 16.1 Å². The minimum atomic E-state index is -9.97. The van der Waals surface area contributed by atoms with Crippen LogP contribution in [0.15, 0.2) is 17.0 Å². The summed E-state index contributed by atoms with van der Waals surface area (Å²) in [4.78, 5) is 10.1. The molecule has 0 unspecified atom stereocenters. The molecule has 0 saturated heterocycles. The second kappa shape index (κ2) is 6.76. The molecule has 1 aromatic carbocycles. The fourth-order valence-electron chi connectivity index (χ4n) is 4.02. The number of nitriles is 1. The van der Waals surface area contributed by atoms with Gasteiger partial charge in [0.25, 0.3) is 0 Å². The number of benzene rings is 1. The first kappa shape index (κ1) is 23.6. The zero-order valence-electron chi connectivity index (χ0n) is 17.5. The summed E-state index contributed by atoms with van der Waals surface area (Å²) >= 11 is 6.09. The molecule has 0 bridgehead atoms. The van der Waals surface area contributed by atoms with Gasteiger partial charge in [-0.25, -0.2) is 4.68 Å². The van der Waals surface area contributed by atoms with Gasteiger partial charge in [-0.1, -0.05) is 43.9 Å². The van der Waals surface area contributed by atoms with Gasteiger partial charge in [-0.05, 0) is 49.8 Å². The predicted octanol–water partition coefficient (Wildman–Crippen LogP) is 6.09. The number of primary amides is 1. The van der Waals surface area contributed by atoms with Gasteiger partial charge in [-0.15, -0.1) is 0 Å². The number of aromatic nitrogens is 2. The van der Waals surface area contributed by atoms with Crippen molar-refractivity contribution in [2.75, 3.05) is 11.9 Å². The van der Waals surface area contributed by atoms with Gasteiger partial charge in [-0.2, -0.15) is 10.4 Å². The lowest BCUT2D eigenvalue weighted by molar-refractivity contribution is -0.120. The molecule has 0 spiro atoms. The largest absolute Gasteiger partial charge is 0.370 e. The summed E-state index contributed by atoms with van der Waals surface area (Å²) < 4.78 is 67.9. The minimum absolute atomic E-state index is 0.0980. The molecule has 2 aromatic rings. The Morgan fingerprint density at radius 3 is 2.42 bits per heavy atom. The van der Waals surface area contributed by atoms with Crippen LogP contribution in [0.4, 0.5) is 25.2 Å². The lowest BCUT2D eigenvalue weighted by Crippen LogP contribution is -2.29. The molecule has 33 heavy (non-hydrogen) atoms. The molecule has 2 fully saturated rings. The van der Waals surface area contributed by atoms with Crippen LogP contribution in [0.3, 0.4) is 0 Å². The first-order chi connectivity index (χ1) is 15.1. The molecule has 0 atom stereocenters. The molecule has 180 valence electrons. The molecule has 3 N–H and O–H groups in total. The first-order valence-electron chi connectivity index (χ1n) is 10.2. The molecule has 2 aliphatic carbocycles. The van der Waals surface area contributed by atoms with E-state index in [1.54, 1.807) is 0 Å². The van der Waals surface area contributed by atoms with Crippen molar-refractivity contribution in [2.45, 2.75) is 49.3 Å². The van der Waals surface area contributed by atoms with Gasteiger partial charge >= 0.3 is 10.2 Å². The van der Waals surface area contributed by atoms with Gasteiger partial charge in [0, 0.05) is 12.1 Å². The molecule has 1 amide bonds. The van der Waals surface area contributed by atoms with Gasteiger partial charge in [-0.3, -0.25) is 4.79 Å². The Kier molecular flexibility index (Phi) is 4.84. The van der Waals surface area contributed by atoms with Crippen LogP contribution in [0.5, 0.6) is 0 Å². The van der Waals surface area contributed by atoms with Crippen LogP contribution in [0, 0.1) is 24.2 Å². The number of carbonyl (C=O) groups is 1. The number of nitrogens with zero attached hydrogens (tertiary/aromatic N) is 3. The second-order valence-corrected chi connectivity index (χ2v) is 11.6. The Hall–Kier alpha value is -2.52. The topological polar surface area (TPSA) is 96.7 Å². The Morgan fingerprint density at radius 1 is 1.33 bits per heavy atom. The van der Waals surface area contributed by atoms with Gasteiger partial charge < -0.3 is 11.1 Å². The van der Waals surface area contributed by atoms with E-state index in [4.69, 9.17) is 17.3 Å². The number of halogens is 6. The van der Waals surface area contributed by atoms with Crippen LogP contribution in [0.25, 0.3) is 5.69 Å². The van der Waals surface area contributed by atoms with Crippen molar-refractivity contribution in [3.05, 3.63) is 34.0 Å². The fraction of sp³-hybridized carbons (Fsp3) is 0.450. The molecular weight excluding hydrogens is 489 g/mol. The second-order valence-electron chi connectivity index (χ2n) is 8.74. The van der Waals surface area contributed by atoms with Crippen molar-refractivity contribution in [1.82, 2.24) is 9.78 Å². The van der Waals surface area contributed by atoms with Crippen molar-refractivity contribution >= 4 is 33.6 Å². The normalized spacial score (nSPS) is 19.3. The number of aryl methyl sites for hydroxylation is 1. The van der Waals surface area contributed by atoms with Crippen LogP contribution < -0.4 is 11.1 Å². The Balaban J connectivity index is 1.90. The van der Waals surface area contributed by atoms with E-state index in [-0.39, 0.29) is 34.4 Å². The van der Waals surface area contributed by atoms with E-state index in [1.165, 1.54) is 6.92 Å². The molecule has 13 heteroatoms. The maximum atomic E-state index is 13.4. The molecule has 4 rings (SSSR count). The lowest BCUT2D eigenvalue weighted by Gasteiger charge is -2.41. The fourth-order valence-corrected chi connectivity index (χ4v) is 5.17. The average Bonchev–Trinajstić information content (AvgIpc) is 3.58. The van der Waals surface area contributed by atoms with Gasteiger partial charge in [0.2, 0.25) is 5.91 Å². The molecule has 0 aliphatic heterocycles. The van der Waals surface area contributed by atoms with Crippen LogP contribution in [-0.2, 0) is 10.2 Å². The summed E-state index contributed by atoms with van der Waals surface area (Å²) in [7, 11) is -9.97. The summed E-state index contributed by atoms with van der Waals surface area (Å²) in [5.74, 6) is 0.0948. The summed E-state index contributed by atoms with van der Waals surface area (Å²) in [6.45, 7) is 1.64. The van der Waals surface area contributed by atoms with Gasteiger partial charge in [0.15, 0.2) is 5.69 Å². The van der Waals surface area contributed by atoms with Crippen molar-refractivity contribution in [3.8, 4) is 11.8 Å². The quantitative estimate of drug-likeness (QED) is 0.421. The van der Waals surface area contributed by atoms with Crippen molar-refractivity contribution in [2.24, 2.45) is 11.7 Å². The molecule has 0 radical (unpaired) electrons. The van der Waals surface area contributed by atoms with E-state index >= 15 is 0 Å². The van der Waals surface area contributed by atoms with E-state index in [9.17, 15) is 29.5 Å². The molecule has 6 nitrogen and oxygen atoms in total. The predicted molar refractivity (Wildman–Crippen MR) is 115 cm³/mol. The third-order valence-electron chi connectivity index (χ3n) is 6.12. The third-order valence-corrected chi connectivity index (χ3v) is 7.53. The standard InChI is InChI=1S/C20H21ClF5N5OS/c1-11-8-13(33(22,23,24,25)26)9-14(21)17(11)31-18(29-7-4-12-2-3-12)16(15(10-27)30-31)20(5-6-20)19(28)32/h8-9,12,29H,2-7H2,1H3,(H2,28,32). The number of anilines is 1. The van der Waals surface area contributed by atoms with Crippen LogP contribution in [0.2, 0.25) is 5.02 Å². The molecule has 2 saturated carbocycles. The number of nitrogens with one attached hydrogen (secondary N) is 1. The SMILES string of the molecule is Cc1cc(S(F)(F)(F)(F)F)cc(Cl)c1-n1nc(C#N)c(C2(C(N)=O)CC2)c1NCCC1CC1. The first-order valence-corrected chi connectivity index (χ1v) is 12.5. The lowest BCUT2D eigenvalue weighted by atomic mass is 9.94. The molecule has 1 heterocycles. The van der Waals surface area contributed by atoms with E-state index in [1.807, 2.05) is 6.07 Å². The van der Waals surface area contributed by atoms with Crippen LogP contribution in [-0.4, -0.2) is 22.2 Å². The summed E-state index contributed by atoms with van der Waals surface area (Å²) in [6, 6.07) is 2.38. The zero-order chi connectivity index (χ0) is 24.5. The van der Waals surface area contributed by atoms with E-state index < -0.39 is 31.5 Å². The van der Waals surface area contributed by atoms with Crippen molar-refractivity contribution in [3.63, 3.8) is 0 Å². The molecule has 1 aromatic heterocycles. The monoisotopic (exact) mass is 509 g/mol. The van der Waals surface area contributed by atoms with Crippen LogP contribution in [0.1, 0.15) is 48.9 Å². The summed E-state index contributed by atoms with van der Waals surface area (Å²) in [6.07, 6.45) is 3.74. The highest BCUT2D eigenvalue weighted by Crippen LogP contribution is 3.02. The number of hydrogen-bond acceptors (Lipinski definition) is 4. The maximum absolute atomic E-state index is 13.4. The van der Waals surface area contributed by atoms with E-state index in [0.29, 0.717) is 31.4 Å². The summed E-state index contributed by atoms with van der Waals surface area (Å²) in [5.41, 5.74) is 4.27. The number of rotatable bonds is 8. The highest BCUT2D eigenvalue weighted by Gasteiger charge is 2.65. The molecule has 2 aliphatic rings. The van der Waals surface area contributed by atoms with E-state index in [2.05, 4.69) is 10.4 Å². The number of hydrogen-bond donors (Lipinski definition) is 2. The van der Waals surface area contributed by atoms with Crippen LogP contribution >= 0.6 is 21.8 Å². The minimum Gasteiger partial charge on any atom is -0.370 e. The average molecular weight is 510 g/mol. The molecular formula is C20H21ClF5N5OS. The number of amides is 1. The maximum Gasteiger partial charge on any atom is 0.310 e. The van der Waals surface area contributed by atoms with Crippen molar-refractivity contribution in [1.29, 1.82) is 5.26 Å². The smallest absolute Gasteiger partial charge is 0.310 e. The highest BCUT2D eigenvalue weighted by molar-refractivity contribution is 8.45. The highest BCUT2D eigenvalue weighted by atomic mass is 35.5. The number of carbonyl (C=O) groups excluding carboxylic acids is 1.